The first-order valence-electron chi connectivity index (χ1n) is 15.0. The largest absolute Gasteiger partial charge is 0.492 e. The Morgan fingerprint density at radius 3 is 2.53 bits per heavy atom. The number of carbonyl (C=O) groups excluding carboxylic acids is 1. The maximum atomic E-state index is 12.7. The number of nitrogen functional groups attached to an aromatic ring is 1. The van der Waals surface area contributed by atoms with Gasteiger partial charge in [-0.3, -0.25) is 14.6 Å². The van der Waals surface area contributed by atoms with Gasteiger partial charge < -0.3 is 20.7 Å². The van der Waals surface area contributed by atoms with Gasteiger partial charge in [0.05, 0.1) is 18.2 Å². The van der Waals surface area contributed by atoms with Gasteiger partial charge in [-0.1, -0.05) is 48.9 Å². The summed E-state index contributed by atoms with van der Waals surface area (Å²) < 4.78 is 5.62. The molecule has 226 valence electrons. The number of anilines is 2. The molecule has 3 N–H and O–H groups in total. The first-order chi connectivity index (χ1) is 20.9. The third kappa shape index (κ3) is 7.73. The van der Waals surface area contributed by atoms with Crippen LogP contribution < -0.4 is 20.7 Å². The minimum absolute atomic E-state index is 0.0203. The lowest BCUT2D eigenvalue weighted by Crippen LogP contribution is -2.58. The van der Waals surface area contributed by atoms with Gasteiger partial charge in [-0.05, 0) is 62.2 Å². The van der Waals surface area contributed by atoms with Crippen molar-refractivity contribution >= 4 is 29.1 Å². The molecule has 10 nitrogen and oxygen atoms in total. The number of nitrogens with zero attached hydrogens (tertiary/aromatic N) is 6. The molecule has 5 rings (SSSR count). The van der Waals surface area contributed by atoms with E-state index in [4.69, 9.17) is 27.3 Å². The molecule has 11 heteroatoms. The molecule has 0 saturated carbocycles. The van der Waals surface area contributed by atoms with Crippen molar-refractivity contribution in [2.75, 3.05) is 56.5 Å². The lowest BCUT2D eigenvalue weighted by atomic mass is 9.97. The Morgan fingerprint density at radius 1 is 1.09 bits per heavy atom. The second kappa shape index (κ2) is 14.5. The fourth-order valence-corrected chi connectivity index (χ4v) is 6.23. The fourth-order valence-electron chi connectivity index (χ4n) is 5.98. The topological polar surface area (TPSA) is 124 Å². The zero-order valence-electron chi connectivity index (χ0n) is 24.6. The molecule has 2 aromatic carbocycles. The van der Waals surface area contributed by atoms with E-state index in [1.165, 1.54) is 5.56 Å². The van der Waals surface area contributed by atoms with E-state index in [0.29, 0.717) is 36.6 Å². The Hall–Kier alpha value is -3.91. The monoisotopic (exact) mass is 602 g/mol. The lowest BCUT2D eigenvalue weighted by molar-refractivity contribution is 0.0610. The Morgan fingerprint density at radius 2 is 1.84 bits per heavy atom. The van der Waals surface area contributed by atoms with Gasteiger partial charge in [0.2, 0.25) is 0 Å². The Kier molecular flexibility index (Phi) is 10.3. The van der Waals surface area contributed by atoms with Gasteiger partial charge in [0.25, 0.3) is 5.91 Å². The van der Waals surface area contributed by atoms with E-state index in [2.05, 4.69) is 55.1 Å². The number of nitrogens with two attached hydrogens (primary N) is 1. The smallest absolute Gasteiger partial charge is 0.273 e. The molecule has 2 saturated heterocycles. The maximum absolute atomic E-state index is 12.7. The first kappa shape index (κ1) is 30.5. The summed E-state index contributed by atoms with van der Waals surface area (Å²) in [5, 5.41) is 12.0. The summed E-state index contributed by atoms with van der Waals surface area (Å²) in [7, 11) is 0. The molecule has 2 aliphatic rings. The third-order valence-electron chi connectivity index (χ3n) is 8.29. The summed E-state index contributed by atoms with van der Waals surface area (Å²) in [6, 6.07) is 20.4. The van der Waals surface area contributed by atoms with Crippen LogP contribution in [0.4, 0.5) is 11.6 Å². The van der Waals surface area contributed by atoms with Crippen molar-refractivity contribution < 1.29 is 9.53 Å². The number of likely N-dealkylation sites (tertiary alicyclic amines) is 1. The molecule has 0 aliphatic carbocycles. The lowest BCUT2D eigenvalue weighted by Gasteiger charge is -2.47. The van der Waals surface area contributed by atoms with Crippen molar-refractivity contribution in [1.29, 1.82) is 5.26 Å². The number of para-hydroxylation sites is 1. The van der Waals surface area contributed by atoms with Crippen LogP contribution in [0.25, 0.3) is 0 Å². The van der Waals surface area contributed by atoms with Crippen LogP contribution in [0.1, 0.15) is 47.8 Å². The zero-order valence-corrected chi connectivity index (χ0v) is 25.3. The minimum Gasteiger partial charge on any atom is -0.492 e. The van der Waals surface area contributed by atoms with Crippen molar-refractivity contribution in [1.82, 2.24) is 25.1 Å². The summed E-state index contributed by atoms with van der Waals surface area (Å²) in [6.45, 7) is 8.29. The summed E-state index contributed by atoms with van der Waals surface area (Å²) in [5.74, 6) is 0.889. The van der Waals surface area contributed by atoms with Crippen LogP contribution in [-0.4, -0.2) is 83.6 Å². The van der Waals surface area contributed by atoms with Crippen molar-refractivity contribution in [3.8, 4) is 11.8 Å². The summed E-state index contributed by atoms with van der Waals surface area (Å²) >= 11 is 6.59. The number of piperazine rings is 1. The highest BCUT2D eigenvalue weighted by Crippen LogP contribution is 2.30. The third-order valence-corrected chi connectivity index (χ3v) is 8.55. The molecule has 2 aliphatic heterocycles. The molecular formula is C32H39ClN8O2. The molecule has 43 heavy (non-hydrogen) atoms. The van der Waals surface area contributed by atoms with Gasteiger partial charge in [-0.2, -0.15) is 5.26 Å². The predicted molar refractivity (Wildman–Crippen MR) is 168 cm³/mol. The molecule has 3 heterocycles. The van der Waals surface area contributed by atoms with Crippen molar-refractivity contribution in [2.24, 2.45) is 0 Å². The van der Waals surface area contributed by atoms with Crippen LogP contribution in [0.3, 0.4) is 0 Å². The van der Waals surface area contributed by atoms with Gasteiger partial charge in [-0.15, -0.1) is 0 Å². The van der Waals surface area contributed by atoms with E-state index >= 15 is 0 Å². The molecule has 0 radical (unpaired) electrons. The van der Waals surface area contributed by atoms with Gasteiger partial charge >= 0.3 is 0 Å². The number of halogens is 1. The molecule has 1 aromatic heterocycles. The Labute approximate surface area is 258 Å². The SMILES string of the molecule is CC[C@H]1CN(c2nc(N)c(C(=O)NCCOc3ccccc3)nc2Cl)CCN1C1CCN(Cc2ccc(C#N)cc2)CC1. The average molecular weight is 603 g/mol. The van der Waals surface area contributed by atoms with Crippen LogP contribution >= 0.6 is 11.6 Å². The van der Waals surface area contributed by atoms with Crippen LogP contribution in [0.2, 0.25) is 5.15 Å². The second-order valence-electron chi connectivity index (χ2n) is 11.1. The normalized spacial score (nSPS) is 18.3. The molecule has 1 amide bonds. The van der Waals surface area contributed by atoms with Gasteiger partial charge in [0.15, 0.2) is 22.5 Å². The highest BCUT2D eigenvalue weighted by Gasteiger charge is 2.34. The number of piperidine rings is 1. The summed E-state index contributed by atoms with van der Waals surface area (Å²) in [5.41, 5.74) is 8.17. The van der Waals surface area contributed by atoms with E-state index in [9.17, 15) is 4.79 Å². The fraction of sp³-hybridized carbons (Fsp3) is 0.438. The molecule has 0 bridgehead atoms. The first-order valence-corrected chi connectivity index (χ1v) is 15.3. The highest BCUT2D eigenvalue weighted by molar-refractivity contribution is 6.32. The molecule has 0 spiro atoms. The number of carbonyl (C=O) groups is 1. The number of amides is 1. The maximum Gasteiger partial charge on any atom is 0.273 e. The summed E-state index contributed by atoms with van der Waals surface area (Å²) in [4.78, 5) is 28.9. The standard InChI is InChI=1S/C32H39ClN8O2/c1-2-25-22-40(17-18-41(25)26-12-15-39(16-13-26)21-24-10-8-23(20-34)9-11-24)31-29(33)37-28(30(35)38-31)32(42)36-14-19-43-27-6-4-3-5-7-27/h3-11,25-26H,2,12-19,21-22H2,1H3,(H2,35,38)(H,36,42)/t25-/m0/s1. The number of rotatable bonds is 10. The van der Waals surface area contributed by atoms with E-state index in [1.807, 2.05) is 42.5 Å². The Bertz CT molecular complexity index is 1410. The number of ether oxygens (including phenoxy) is 1. The molecule has 0 unspecified atom stereocenters. The van der Waals surface area contributed by atoms with Gasteiger partial charge in [-0.25, -0.2) is 9.97 Å². The van der Waals surface area contributed by atoms with Crippen LogP contribution in [0.5, 0.6) is 5.75 Å². The van der Waals surface area contributed by atoms with E-state index in [-0.39, 0.29) is 16.7 Å². The summed E-state index contributed by atoms with van der Waals surface area (Å²) in [6.07, 6.45) is 3.26. The number of benzene rings is 2. The van der Waals surface area contributed by atoms with E-state index in [1.54, 1.807) is 0 Å². The number of hydrogen-bond donors (Lipinski definition) is 2. The van der Waals surface area contributed by atoms with Crippen molar-refractivity contribution in [2.45, 2.75) is 44.8 Å². The molecule has 1 atom stereocenters. The van der Waals surface area contributed by atoms with Crippen LogP contribution in [0.15, 0.2) is 54.6 Å². The Balaban J connectivity index is 1.13. The van der Waals surface area contributed by atoms with E-state index < -0.39 is 5.91 Å². The number of hydrogen-bond acceptors (Lipinski definition) is 9. The predicted octanol–water partition coefficient (Wildman–Crippen LogP) is 3.96. The van der Waals surface area contributed by atoms with Gasteiger partial charge in [0, 0.05) is 38.3 Å². The average Bonchev–Trinajstić information content (AvgIpc) is 3.05. The molecular weight excluding hydrogens is 564 g/mol. The van der Waals surface area contributed by atoms with Crippen molar-refractivity contribution in [3.05, 3.63) is 76.6 Å². The quantitative estimate of drug-likeness (QED) is 0.332. The second-order valence-corrected chi connectivity index (χ2v) is 11.4. The number of nitrogens with one attached hydrogen (secondary N) is 1. The van der Waals surface area contributed by atoms with Crippen LogP contribution in [-0.2, 0) is 6.54 Å². The molecule has 2 fully saturated rings. The number of nitriles is 1. The molecule has 3 aromatic rings. The van der Waals surface area contributed by atoms with E-state index in [0.717, 1.165) is 64.3 Å². The number of aromatic nitrogens is 2. The minimum atomic E-state index is -0.433. The zero-order chi connectivity index (χ0) is 30.2. The van der Waals surface area contributed by atoms with Crippen molar-refractivity contribution in [3.63, 3.8) is 0 Å². The van der Waals surface area contributed by atoms with Crippen LogP contribution in [0, 0.1) is 11.3 Å². The highest BCUT2D eigenvalue weighted by atomic mass is 35.5. The van der Waals surface area contributed by atoms with Gasteiger partial charge in [0.1, 0.15) is 12.4 Å².